The summed E-state index contributed by atoms with van der Waals surface area (Å²) in [4.78, 5) is 0. The predicted octanol–water partition coefficient (Wildman–Crippen LogP) is 4.24. The highest BCUT2D eigenvalue weighted by Crippen LogP contribution is 2.22. The molecule has 0 spiro atoms. The fourth-order valence-corrected chi connectivity index (χ4v) is 2.31. The number of aryl methyl sites for hydroxylation is 1. The number of hydrogen-bond acceptors (Lipinski definition) is 1. The molecule has 2 nitrogen and oxygen atoms in total. The molecule has 0 saturated carbocycles. The van der Waals surface area contributed by atoms with E-state index in [-0.39, 0.29) is 0 Å². The third-order valence-electron chi connectivity index (χ3n) is 3.46. The van der Waals surface area contributed by atoms with Gasteiger partial charge < -0.3 is 4.57 Å². The first-order valence-electron chi connectivity index (χ1n) is 6.50. The molecule has 96 valence electrons. The average molecular weight is 258 g/mol. The molecule has 3 rings (SSSR count). The van der Waals surface area contributed by atoms with Gasteiger partial charge in [0.1, 0.15) is 0 Å². The van der Waals surface area contributed by atoms with Crippen LogP contribution >= 0.6 is 0 Å². The highest BCUT2D eigenvalue weighted by molar-refractivity contribution is 5.93. The predicted molar refractivity (Wildman–Crippen MR) is 82.8 cm³/mol. The summed E-state index contributed by atoms with van der Waals surface area (Å²) < 4.78 is 2.00. The van der Waals surface area contributed by atoms with E-state index in [1.807, 2.05) is 54.2 Å². The van der Waals surface area contributed by atoms with Crippen LogP contribution in [0.2, 0.25) is 0 Å². The molecule has 1 aromatic heterocycles. The SMILES string of the molecule is Cn1cccc1C=C(C#N)c1ccc2ccccc2c1. The van der Waals surface area contributed by atoms with E-state index in [2.05, 4.69) is 30.3 Å². The number of rotatable bonds is 2. The summed E-state index contributed by atoms with van der Waals surface area (Å²) >= 11 is 0. The minimum absolute atomic E-state index is 0.678. The molecule has 1 heterocycles. The standard InChI is InChI=1S/C18H14N2/c1-20-10-4-7-18(20)12-17(13-19)16-9-8-14-5-2-3-6-15(14)11-16/h2-12H,1H3. The van der Waals surface area contributed by atoms with E-state index in [0.717, 1.165) is 16.6 Å². The van der Waals surface area contributed by atoms with E-state index < -0.39 is 0 Å². The summed E-state index contributed by atoms with van der Waals surface area (Å²) in [6.45, 7) is 0. The first kappa shape index (κ1) is 12.3. The summed E-state index contributed by atoms with van der Waals surface area (Å²) in [5, 5.41) is 11.8. The minimum Gasteiger partial charge on any atom is -0.351 e. The number of allylic oxidation sites excluding steroid dienone is 1. The van der Waals surface area contributed by atoms with Crippen LogP contribution in [0.3, 0.4) is 0 Å². The molecule has 0 aliphatic rings. The molecular weight excluding hydrogens is 244 g/mol. The molecule has 0 N–H and O–H groups in total. The lowest BCUT2D eigenvalue weighted by atomic mass is 10.0. The smallest absolute Gasteiger partial charge is 0.0998 e. The van der Waals surface area contributed by atoms with Crippen molar-refractivity contribution in [3.05, 3.63) is 72.1 Å². The number of aromatic nitrogens is 1. The van der Waals surface area contributed by atoms with Gasteiger partial charge in [-0.2, -0.15) is 5.26 Å². The van der Waals surface area contributed by atoms with E-state index in [0.29, 0.717) is 5.57 Å². The average Bonchev–Trinajstić information content (AvgIpc) is 2.89. The zero-order valence-electron chi connectivity index (χ0n) is 11.2. The number of nitrogens with zero attached hydrogens (tertiary/aromatic N) is 2. The Bertz CT molecular complexity index is 832. The highest BCUT2D eigenvalue weighted by Gasteiger charge is 2.03. The van der Waals surface area contributed by atoms with Crippen LogP contribution in [-0.4, -0.2) is 4.57 Å². The maximum absolute atomic E-state index is 9.41. The fraction of sp³-hybridized carbons (Fsp3) is 0.0556. The summed E-state index contributed by atoms with van der Waals surface area (Å²) in [6.07, 6.45) is 3.89. The van der Waals surface area contributed by atoms with Crippen molar-refractivity contribution in [2.45, 2.75) is 0 Å². The number of fused-ring (bicyclic) bond motifs is 1. The van der Waals surface area contributed by atoms with Crippen LogP contribution in [0, 0.1) is 11.3 Å². The van der Waals surface area contributed by atoms with Crippen LogP contribution in [0.4, 0.5) is 0 Å². The monoisotopic (exact) mass is 258 g/mol. The van der Waals surface area contributed by atoms with Gasteiger partial charge in [0.25, 0.3) is 0 Å². The van der Waals surface area contributed by atoms with Gasteiger partial charge in [-0.1, -0.05) is 36.4 Å². The molecule has 2 heteroatoms. The Balaban J connectivity index is 2.10. The number of benzene rings is 2. The Labute approximate surface area is 118 Å². The highest BCUT2D eigenvalue weighted by atomic mass is 14.9. The lowest BCUT2D eigenvalue weighted by Gasteiger charge is -2.03. The molecular formula is C18H14N2. The first-order valence-corrected chi connectivity index (χ1v) is 6.50. The lowest BCUT2D eigenvalue weighted by molar-refractivity contribution is 0.915. The van der Waals surface area contributed by atoms with Crippen molar-refractivity contribution in [2.75, 3.05) is 0 Å². The van der Waals surface area contributed by atoms with Crippen molar-refractivity contribution in [2.24, 2.45) is 7.05 Å². The molecule has 0 saturated heterocycles. The van der Waals surface area contributed by atoms with Gasteiger partial charge in [-0.05, 0) is 40.6 Å². The van der Waals surface area contributed by atoms with Gasteiger partial charge in [0.15, 0.2) is 0 Å². The van der Waals surface area contributed by atoms with Gasteiger partial charge in [0.05, 0.1) is 11.6 Å². The summed E-state index contributed by atoms with van der Waals surface area (Å²) in [5.41, 5.74) is 2.65. The van der Waals surface area contributed by atoms with E-state index in [1.165, 1.54) is 5.39 Å². The minimum atomic E-state index is 0.678. The second-order valence-corrected chi connectivity index (χ2v) is 4.78. The Kier molecular flexibility index (Phi) is 3.10. The van der Waals surface area contributed by atoms with Crippen LogP contribution < -0.4 is 0 Å². The summed E-state index contributed by atoms with van der Waals surface area (Å²) in [6, 6.07) is 20.6. The zero-order chi connectivity index (χ0) is 13.9. The molecule has 2 aromatic carbocycles. The van der Waals surface area contributed by atoms with E-state index in [1.54, 1.807) is 0 Å². The quantitative estimate of drug-likeness (QED) is 0.632. The fourth-order valence-electron chi connectivity index (χ4n) is 2.31. The normalized spacial score (nSPS) is 11.5. The van der Waals surface area contributed by atoms with Crippen molar-refractivity contribution < 1.29 is 0 Å². The van der Waals surface area contributed by atoms with Crippen LogP contribution in [0.25, 0.3) is 22.4 Å². The number of hydrogen-bond donors (Lipinski definition) is 0. The summed E-state index contributed by atoms with van der Waals surface area (Å²) in [5.74, 6) is 0. The van der Waals surface area contributed by atoms with Crippen LogP contribution in [0.1, 0.15) is 11.3 Å². The zero-order valence-corrected chi connectivity index (χ0v) is 11.2. The number of nitriles is 1. The molecule has 0 bridgehead atoms. The lowest BCUT2D eigenvalue weighted by Crippen LogP contribution is -1.89. The molecule has 0 amide bonds. The van der Waals surface area contributed by atoms with Gasteiger partial charge in [0.2, 0.25) is 0 Å². The van der Waals surface area contributed by atoms with E-state index in [4.69, 9.17) is 0 Å². The summed E-state index contributed by atoms with van der Waals surface area (Å²) in [7, 11) is 1.97. The Hall–Kier alpha value is -2.79. The maximum atomic E-state index is 9.41. The second kappa shape index (κ2) is 5.07. The molecule has 3 aromatic rings. The van der Waals surface area contributed by atoms with E-state index >= 15 is 0 Å². The van der Waals surface area contributed by atoms with Crippen molar-refractivity contribution >= 4 is 22.4 Å². The van der Waals surface area contributed by atoms with Crippen LogP contribution in [0.5, 0.6) is 0 Å². The van der Waals surface area contributed by atoms with Gasteiger partial charge in [-0.15, -0.1) is 0 Å². The van der Waals surface area contributed by atoms with E-state index in [9.17, 15) is 5.26 Å². The molecule has 20 heavy (non-hydrogen) atoms. The molecule has 0 aliphatic heterocycles. The van der Waals surface area contributed by atoms with Gasteiger partial charge in [0, 0.05) is 18.9 Å². The van der Waals surface area contributed by atoms with Crippen molar-refractivity contribution in [3.63, 3.8) is 0 Å². The molecule has 0 aliphatic carbocycles. The maximum Gasteiger partial charge on any atom is 0.0998 e. The molecule has 0 unspecified atom stereocenters. The Morgan fingerprint density at radius 3 is 2.55 bits per heavy atom. The largest absolute Gasteiger partial charge is 0.351 e. The van der Waals surface area contributed by atoms with Gasteiger partial charge >= 0.3 is 0 Å². The molecule has 0 fully saturated rings. The third kappa shape index (κ3) is 2.22. The van der Waals surface area contributed by atoms with Crippen molar-refractivity contribution in [1.29, 1.82) is 5.26 Å². The van der Waals surface area contributed by atoms with Crippen molar-refractivity contribution in [1.82, 2.24) is 4.57 Å². The van der Waals surface area contributed by atoms with Gasteiger partial charge in [-0.25, -0.2) is 0 Å². The topological polar surface area (TPSA) is 28.7 Å². The van der Waals surface area contributed by atoms with Crippen LogP contribution in [-0.2, 0) is 7.05 Å². The van der Waals surface area contributed by atoms with Gasteiger partial charge in [-0.3, -0.25) is 0 Å². The Morgan fingerprint density at radius 1 is 1.05 bits per heavy atom. The van der Waals surface area contributed by atoms with Crippen molar-refractivity contribution in [3.8, 4) is 6.07 Å². The first-order chi connectivity index (χ1) is 9.78. The molecule has 0 atom stereocenters. The van der Waals surface area contributed by atoms with Crippen LogP contribution in [0.15, 0.2) is 60.8 Å². The second-order valence-electron chi connectivity index (χ2n) is 4.78. The Morgan fingerprint density at radius 2 is 1.85 bits per heavy atom. The third-order valence-corrected chi connectivity index (χ3v) is 3.46. The molecule has 0 radical (unpaired) electrons.